The van der Waals surface area contributed by atoms with Crippen molar-refractivity contribution in [3.8, 4) is 0 Å². The summed E-state index contributed by atoms with van der Waals surface area (Å²) < 4.78 is 2.12. The molecule has 1 atom stereocenters. The number of likely N-dealkylation sites (tertiary alicyclic amines) is 1. The Morgan fingerprint density at radius 2 is 1.86 bits per heavy atom. The van der Waals surface area contributed by atoms with Crippen LogP contribution in [0.2, 0.25) is 0 Å². The first kappa shape index (κ1) is 19.5. The Labute approximate surface area is 172 Å². The lowest BCUT2D eigenvalue weighted by Crippen LogP contribution is -2.34. The van der Waals surface area contributed by atoms with Crippen LogP contribution in [-0.4, -0.2) is 34.4 Å². The van der Waals surface area contributed by atoms with E-state index in [2.05, 4.69) is 10.6 Å². The number of aryl methyl sites for hydroxylation is 1. The average Bonchev–Trinajstić information content (AvgIpc) is 3.27. The molecule has 2 aromatic rings. The smallest absolute Gasteiger partial charge is 0.247 e. The topological polar surface area (TPSA) is 45.6 Å². The van der Waals surface area contributed by atoms with Gasteiger partial charge in [-0.3, -0.25) is 9.59 Å². The molecule has 29 heavy (non-hydrogen) atoms. The van der Waals surface area contributed by atoms with E-state index in [9.17, 15) is 9.59 Å². The number of aromatic nitrogens is 1. The number of benzene rings is 1. The molecule has 2 saturated heterocycles. The Bertz CT molecular complexity index is 897. The van der Waals surface area contributed by atoms with E-state index in [1.165, 1.54) is 12.1 Å². The fraction of sp³-hybridized carbons (Fsp3) is 0.417. The molecule has 0 N–H and O–H groups in total. The summed E-state index contributed by atoms with van der Waals surface area (Å²) in [5.74, 6) is 0.258. The highest BCUT2D eigenvalue weighted by molar-refractivity contribution is 5.95. The van der Waals surface area contributed by atoms with Crippen molar-refractivity contribution in [3.63, 3.8) is 0 Å². The molecule has 0 spiro atoms. The van der Waals surface area contributed by atoms with Crippen molar-refractivity contribution in [1.82, 2.24) is 9.47 Å². The number of anilines is 1. The molecule has 5 nitrogen and oxygen atoms in total. The van der Waals surface area contributed by atoms with Crippen LogP contribution < -0.4 is 4.90 Å². The summed E-state index contributed by atoms with van der Waals surface area (Å²) in [5.41, 5.74) is 3.11. The van der Waals surface area contributed by atoms with Crippen molar-refractivity contribution in [1.29, 1.82) is 0 Å². The molecular formula is C24H29N3O2. The maximum atomic E-state index is 13.0. The zero-order valence-corrected chi connectivity index (χ0v) is 17.1. The van der Waals surface area contributed by atoms with Gasteiger partial charge in [-0.05, 0) is 55.2 Å². The molecule has 2 aliphatic heterocycles. The van der Waals surface area contributed by atoms with Crippen molar-refractivity contribution < 1.29 is 9.59 Å². The molecule has 1 unspecified atom stereocenters. The highest BCUT2D eigenvalue weighted by Gasteiger charge is 2.27. The van der Waals surface area contributed by atoms with Crippen LogP contribution in [0.15, 0.2) is 48.7 Å². The predicted octanol–water partition coefficient (Wildman–Crippen LogP) is 4.31. The van der Waals surface area contributed by atoms with Crippen molar-refractivity contribution in [3.05, 3.63) is 59.9 Å². The van der Waals surface area contributed by atoms with Crippen LogP contribution in [-0.2, 0) is 16.6 Å². The van der Waals surface area contributed by atoms with E-state index in [0.29, 0.717) is 6.42 Å². The fourth-order valence-electron chi connectivity index (χ4n) is 4.45. The molecule has 5 heteroatoms. The Morgan fingerprint density at radius 3 is 2.55 bits per heavy atom. The van der Waals surface area contributed by atoms with Gasteiger partial charge < -0.3 is 14.4 Å². The molecule has 0 aliphatic carbocycles. The van der Waals surface area contributed by atoms with Crippen LogP contribution in [0.3, 0.4) is 0 Å². The summed E-state index contributed by atoms with van der Waals surface area (Å²) in [6.07, 6.45) is 11.6. The molecule has 2 fully saturated rings. The molecule has 1 aromatic carbocycles. The minimum absolute atomic E-state index is 0.0666. The van der Waals surface area contributed by atoms with Gasteiger partial charge in [0.2, 0.25) is 11.8 Å². The summed E-state index contributed by atoms with van der Waals surface area (Å²) in [4.78, 5) is 28.8. The second kappa shape index (κ2) is 8.68. The number of carbonyl (C=O) groups is 2. The van der Waals surface area contributed by atoms with E-state index < -0.39 is 0 Å². The number of hydrogen-bond donors (Lipinski definition) is 0. The Balaban J connectivity index is 1.47. The minimum atomic E-state index is 0.0666. The molecule has 2 aliphatic rings. The summed E-state index contributed by atoms with van der Waals surface area (Å²) in [5, 5.41) is 0. The lowest BCUT2D eigenvalue weighted by Gasteiger charge is -2.29. The van der Waals surface area contributed by atoms with Gasteiger partial charge in [0.15, 0.2) is 0 Å². The van der Waals surface area contributed by atoms with Crippen LogP contribution in [0.1, 0.15) is 55.8 Å². The summed E-state index contributed by atoms with van der Waals surface area (Å²) in [6.45, 7) is 1.59. The third-order valence-electron chi connectivity index (χ3n) is 6.06. The summed E-state index contributed by atoms with van der Waals surface area (Å²) in [7, 11) is 2.05. The van der Waals surface area contributed by atoms with Crippen molar-refractivity contribution >= 4 is 23.6 Å². The monoisotopic (exact) mass is 391 g/mol. The SMILES string of the molecule is Cn1cccc1C1CCCCCN1C(=O)/C=C/c1ccc(N2CCCC2=O)cc1. The maximum Gasteiger partial charge on any atom is 0.247 e. The van der Waals surface area contributed by atoms with E-state index in [-0.39, 0.29) is 17.9 Å². The summed E-state index contributed by atoms with van der Waals surface area (Å²) in [6, 6.07) is 12.2. The summed E-state index contributed by atoms with van der Waals surface area (Å²) >= 11 is 0. The van der Waals surface area contributed by atoms with Gasteiger partial charge in [-0.15, -0.1) is 0 Å². The molecule has 3 heterocycles. The number of hydrogen-bond acceptors (Lipinski definition) is 2. The average molecular weight is 392 g/mol. The van der Waals surface area contributed by atoms with Gasteiger partial charge in [0.25, 0.3) is 0 Å². The predicted molar refractivity (Wildman–Crippen MR) is 115 cm³/mol. The van der Waals surface area contributed by atoms with E-state index in [1.807, 2.05) is 59.5 Å². The zero-order chi connectivity index (χ0) is 20.2. The fourth-order valence-corrected chi connectivity index (χ4v) is 4.45. The van der Waals surface area contributed by atoms with E-state index >= 15 is 0 Å². The van der Waals surface area contributed by atoms with Gasteiger partial charge in [0.05, 0.1) is 6.04 Å². The van der Waals surface area contributed by atoms with Gasteiger partial charge >= 0.3 is 0 Å². The third-order valence-corrected chi connectivity index (χ3v) is 6.06. The first-order valence-electron chi connectivity index (χ1n) is 10.6. The van der Waals surface area contributed by atoms with E-state index in [1.54, 1.807) is 6.08 Å². The van der Waals surface area contributed by atoms with Gasteiger partial charge in [0.1, 0.15) is 0 Å². The van der Waals surface area contributed by atoms with Crippen LogP contribution >= 0.6 is 0 Å². The molecule has 152 valence electrons. The van der Waals surface area contributed by atoms with Crippen molar-refractivity contribution in [2.24, 2.45) is 7.05 Å². The second-order valence-electron chi connectivity index (χ2n) is 8.01. The highest BCUT2D eigenvalue weighted by atomic mass is 16.2. The quantitative estimate of drug-likeness (QED) is 0.729. The molecule has 4 rings (SSSR count). The molecule has 1 aromatic heterocycles. The Kier molecular flexibility index (Phi) is 5.84. The van der Waals surface area contributed by atoms with Crippen LogP contribution in [0.4, 0.5) is 5.69 Å². The molecular weight excluding hydrogens is 362 g/mol. The van der Waals surface area contributed by atoms with Gasteiger partial charge in [-0.1, -0.05) is 25.0 Å². The molecule has 0 saturated carbocycles. The number of amides is 2. The first-order valence-corrected chi connectivity index (χ1v) is 10.6. The number of nitrogens with zero attached hydrogens (tertiary/aromatic N) is 3. The lowest BCUT2D eigenvalue weighted by molar-refractivity contribution is -0.128. The Hall–Kier alpha value is -2.82. The van der Waals surface area contributed by atoms with Gasteiger partial charge in [-0.25, -0.2) is 0 Å². The minimum Gasteiger partial charge on any atom is -0.353 e. The zero-order valence-electron chi connectivity index (χ0n) is 17.1. The first-order chi connectivity index (χ1) is 14.1. The molecule has 2 amide bonds. The van der Waals surface area contributed by atoms with E-state index in [0.717, 1.165) is 50.0 Å². The number of rotatable bonds is 4. The highest BCUT2D eigenvalue weighted by Crippen LogP contribution is 2.30. The standard InChI is InChI=1S/C24H29N3O2/c1-25-16-5-8-21(25)22-7-3-2-4-17-27(22)24(29)15-12-19-10-13-20(14-11-19)26-18-6-9-23(26)28/h5,8,10-16,22H,2-4,6-7,9,17-18H2,1H3/b15-12+. The lowest BCUT2D eigenvalue weighted by atomic mass is 10.1. The van der Waals surface area contributed by atoms with Crippen LogP contribution in [0, 0.1) is 0 Å². The number of carbonyl (C=O) groups excluding carboxylic acids is 2. The van der Waals surface area contributed by atoms with Crippen molar-refractivity contribution in [2.75, 3.05) is 18.0 Å². The maximum absolute atomic E-state index is 13.0. The van der Waals surface area contributed by atoms with Crippen molar-refractivity contribution in [2.45, 2.75) is 44.6 Å². The van der Waals surface area contributed by atoms with E-state index in [4.69, 9.17) is 0 Å². The molecule has 0 radical (unpaired) electrons. The third kappa shape index (κ3) is 4.29. The van der Waals surface area contributed by atoms with Gasteiger partial charge in [-0.2, -0.15) is 0 Å². The van der Waals surface area contributed by atoms with Gasteiger partial charge in [0, 0.05) is 50.2 Å². The van der Waals surface area contributed by atoms with Crippen LogP contribution in [0.5, 0.6) is 0 Å². The second-order valence-corrected chi connectivity index (χ2v) is 8.01. The molecule has 0 bridgehead atoms. The normalized spacial score (nSPS) is 20.4. The Morgan fingerprint density at radius 1 is 1.03 bits per heavy atom. The largest absolute Gasteiger partial charge is 0.353 e. The van der Waals surface area contributed by atoms with Crippen LogP contribution in [0.25, 0.3) is 6.08 Å².